The number of nitrogens with one attached hydrogen (secondary N) is 12. The van der Waals surface area contributed by atoms with Crippen LogP contribution in [0.1, 0.15) is 180 Å². The molecular formula is C93H161N15O32. The number of carboxylic acids is 1. The Morgan fingerprint density at radius 1 is 0.536 bits per heavy atom. The van der Waals surface area contributed by atoms with Crippen LogP contribution in [0.3, 0.4) is 0 Å². The molecule has 140 heavy (non-hydrogen) atoms. The van der Waals surface area contributed by atoms with Crippen molar-refractivity contribution >= 4 is 94.6 Å². The van der Waals surface area contributed by atoms with Crippen LogP contribution in [0.4, 0.5) is 4.79 Å². The standard InChI is InChI=1S/C93H161N15O32/c1-20-54(8)77(107(17)88(131)75(52(4)5)104-87(130)76(53(6)7)106(15)16)67(136-18)43-74(121)108-39-24-28-62(108)82(137-19)55(9)83(126)103-60(42-57-26-22-21-23-27-57)85(128)95-36-25-40-139-90(134)56(10)100-72(119)32-30-59(89(132)133)101-73(120)34-38-96-91(135)140-50-61(105-93(13,14)69(116)46-99-92(11,12)68(115)33-37-94-71(118)35-41-138-49-51(2)3)86(129)102-58(84(127)98-45-64(112)79(123)81(125)66(114)48-110)29-31-70(117)97-44-63(111)78(122)80(124)65(113)47-109/h21-23,26-27,51-56,58-67,75-82,99,105,109-114,122-125H,20,24-25,28-50H2,1-19H3,(H,94,118)(H,95,128)(H,96,135)(H,97,117)(H,98,127)(H,100,119)(H,101,120)(H,102,129)(H,103,126)(H,104,130)(H,132,133)/t54-,55+,56-,58-,59-,60-,61-,62-,63-,64-,65+,66+,67+,75?,76?,77-,78+,79+,80+,81+,82+/m0/s1. The highest BCUT2D eigenvalue weighted by Gasteiger charge is 2.46. The number of likely N-dealkylation sites (N-methyl/N-ethyl adjacent to an activating group) is 2. The number of Topliss-reactive ketones (excluding diaryl/α,β-unsaturated/α-hetero) is 2. The van der Waals surface area contributed by atoms with Crippen LogP contribution in [-0.4, -0.2) is 413 Å². The van der Waals surface area contributed by atoms with E-state index in [1.165, 1.54) is 48.8 Å². The molecule has 0 bridgehead atoms. The van der Waals surface area contributed by atoms with Gasteiger partial charge in [-0.25, -0.2) is 14.4 Å². The molecular weight excluding hydrogens is 1840 g/mol. The Bertz CT molecular complexity index is 4050. The molecule has 2 rings (SSSR count). The topological polar surface area (TPSA) is 696 Å². The van der Waals surface area contributed by atoms with Crippen LogP contribution in [0.25, 0.3) is 0 Å². The molecule has 2 unspecified atom stereocenters. The number of ketones is 2. The third-order valence-electron chi connectivity index (χ3n) is 24.2. The Morgan fingerprint density at radius 2 is 1.09 bits per heavy atom. The van der Waals surface area contributed by atoms with E-state index in [0.717, 1.165) is 0 Å². The fourth-order valence-electron chi connectivity index (χ4n) is 15.5. The number of carbonyl (C=O) groups is 16. The molecule has 47 nitrogen and oxygen atoms in total. The highest BCUT2D eigenvalue weighted by Crippen LogP contribution is 2.31. The van der Waals surface area contributed by atoms with E-state index in [4.69, 9.17) is 23.7 Å². The first-order chi connectivity index (χ1) is 65.6. The number of ether oxygens (including phenoxy) is 5. The SMILES string of the molecule is CC[C@H](C)[C@@H]([C@@H](CC(=O)N1CCC[C@H]1[C@H](OC)[C@@H](C)C(=O)N[C@@H](Cc1ccccc1)C(=O)NCCCOC(=O)[C@H](C)NC(=O)CC[C@H](NC(=O)CCNC(=O)OC[C@H](NC(C)(C)C(=O)CNC(C)(C)C(=O)CCNC(=O)CCOCC(C)C)C(=O)N[C@@H](CCC(=O)NC[C@H](O)[C@@H](O)[C@H](O)[C@H](O)CO)C(=O)NC[C@H](O)[C@@H](O)[C@H](O)[C@H](O)CO)C(=O)O)OC)N(C)C(=O)C(NC(=O)C(C(C)C)N(C)C)C(C)C. The Morgan fingerprint density at radius 3 is 1.65 bits per heavy atom. The number of nitrogens with zero attached hydrogens (tertiary/aromatic N) is 3. The van der Waals surface area contributed by atoms with Crippen molar-refractivity contribution in [2.24, 2.45) is 29.6 Å². The van der Waals surface area contributed by atoms with Crippen molar-refractivity contribution in [2.45, 2.75) is 307 Å². The van der Waals surface area contributed by atoms with E-state index in [0.29, 0.717) is 38.0 Å². The molecule has 0 aliphatic carbocycles. The van der Waals surface area contributed by atoms with Gasteiger partial charge >= 0.3 is 18.0 Å². The lowest BCUT2D eigenvalue weighted by Gasteiger charge is -2.41. The summed E-state index contributed by atoms with van der Waals surface area (Å²) in [7, 11) is 8.20. The minimum atomic E-state index is -2.20. The van der Waals surface area contributed by atoms with Gasteiger partial charge in [0.15, 0.2) is 11.6 Å². The van der Waals surface area contributed by atoms with Crippen molar-refractivity contribution in [2.75, 3.05) is 121 Å². The maximum absolute atomic E-state index is 14.7. The second-order valence-electron chi connectivity index (χ2n) is 37.8. The van der Waals surface area contributed by atoms with E-state index in [1.807, 2.05) is 60.3 Å². The average molecular weight is 2000 g/mol. The first kappa shape index (κ1) is 126. The summed E-state index contributed by atoms with van der Waals surface area (Å²) in [5.41, 5.74) is -2.55. The van der Waals surface area contributed by atoms with Gasteiger partial charge in [-0.2, -0.15) is 0 Å². The molecule has 0 radical (unpaired) electrons. The van der Waals surface area contributed by atoms with Crippen LogP contribution < -0.4 is 63.8 Å². The second kappa shape index (κ2) is 64.0. The normalized spacial score (nSPS) is 17.3. The number of carbonyl (C=O) groups excluding carboxylic acids is 15. The quantitative estimate of drug-likeness (QED) is 0.0214. The molecule has 12 amide bonds. The number of likely N-dealkylation sites (tertiary alicyclic amines) is 1. The molecule has 23 N–H and O–H groups in total. The van der Waals surface area contributed by atoms with E-state index < -0.39 is 281 Å². The molecule has 47 heteroatoms. The van der Waals surface area contributed by atoms with Gasteiger partial charge < -0.3 is 143 Å². The molecule has 1 aromatic rings. The third-order valence-corrected chi connectivity index (χ3v) is 24.2. The number of amides is 12. The van der Waals surface area contributed by atoms with E-state index >= 15 is 0 Å². The van der Waals surface area contributed by atoms with Crippen molar-refractivity contribution in [1.82, 2.24) is 78.5 Å². The Hall–Kier alpha value is -9.70. The van der Waals surface area contributed by atoms with Crippen molar-refractivity contribution in [3.63, 3.8) is 0 Å². The van der Waals surface area contributed by atoms with Gasteiger partial charge in [0.2, 0.25) is 65.0 Å². The second-order valence-corrected chi connectivity index (χ2v) is 37.8. The van der Waals surface area contributed by atoms with Gasteiger partial charge in [0.1, 0.15) is 79.5 Å². The summed E-state index contributed by atoms with van der Waals surface area (Å²) < 4.78 is 28.3. The number of alkyl carbamates (subject to hydrolysis) is 1. The van der Waals surface area contributed by atoms with Gasteiger partial charge in [0.25, 0.3) is 0 Å². The monoisotopic (exact) mass is 2000 g/mol. The highest BCUT2D eigenvalue weighted by atomic mass is 16.6. The van der Waals surface area contributed by atoms with Crippen molar-refractivity contribution < 1.29 is 157 Å². The maximum Gasteiger partial charge on any atom is 0.407 e. The highest BCUT2D eigenvalue weighted by molar-refractivity contribution is 5.95. The summed E-state index contributed by atoms with van der Waals surface area (Å²) in [6.45, 7) is 18.4. The number of hydrogen-bond donors (Lipinski definition) is 23. The zero-order valence-corrected chi connectivity index (χ0v) is 84.5. The van der Waals surface area contributed by atoms with Gasteiger partial charge in [-0.3, -0.25) is 77.9 Å². The number of aliphatic hydroxyl groups excluding tert-OH is 10. The fourth-order valence-corrected chi connectivity index (χ4v) is 15.5. The molecule has 1 aliphatic rings. The Labute approximate surface area is 819 Å². The van der Waals surface area contributed by atoms with Crippen LogP contribution in [-0.2, 0) is 102 Å². The van der Waals surface area contributed by atoms with E-state index in [2.05, 4.69) is 63.8 Å². The number of esters is 1. The predicted octanol–water partition coefficient (Wildman–Crippen LogP) is -5.44. The minimum absolute atomic E-state index is 0.0399. The lowest BCUT2D eigenvalue weighted by atomic mass is 9.89. The molecule has 21 atom stereocenters. The zero-order chi connectivity index (χ0) is 106. The number of aliphatic hydroxyl groups is 10. The molecule has 1 fully saturated rings. The Kier molecular flexibility index (Phi) is 57.8. The van der Waals surface area contributed by atoms with Crippen LogP contribution in [0.5, 0.6) is 0 Å². The fraction of sp³-hybridized carbons (Fsp3) is 0.763. The number of carboxylic acid groups (broad SMARTS) is 1. The smallest absolute Gasteiger partial charge is 0.407 e. The molecule has 1 aliphatic heterocycles. The lowest BCUT2D eigenvalue weighted by molar-refractivity contribution is -0.148. The molecule has 0 saturated carbocycles. The zero-order valence-electron chi connectivity index (χ0n) is 84.5. The number of benzene rings is 1. The number of methoxy groups -OCH3 is 2. The van der Waals surface area contributed by atoms with Crippen LogP contribution in [0.2, 0.25) is 0 Å². The predicted molar refractivity (Wildman–Crippen MR) is 507 cm³/mol. The molecule has 800 valence electrons. The van der Waals surface area contributed by atoms with Crippen molar-refractivity contribution in [3.8, 4) is 0 Å². The summed E-state index contributed by atoms with van der Waals surface area (Å²) in [4.78, 5) is 223. The van der Waals surface area contributed by atoms with E-state index in [-0.39, 0.29) is 106 Å². The first-order valence-corrected chi connectivity index (χ1v) is 47.6. The average Bonchev–Trinajstić information content (AvgIpc) is 1.36. The van der Waals surface area contributed by atoms with Crippen LogP contribution >= 0.6 is 0 Å². The van der Waals surface area contributed by atoms with Gasteiger partial charge in [0, 0.05) is 106 Å². The van der Waals surface area contributed by atoms with E-state index in [1.54, 1.807) is 68.2 Å². The molecule has 1 heterocycles. The van der Waals surface area contributed by atoms with E-state index in [9.17, 15) is 133 Å². The van der Waals surface area contributed by atoms with Gasteiger partial charge in [-0.15, -0.1) is 0 Å². The first-order valence-electron chi connectivity index (χ1n) is 47.6. The summed E-state index contributed by atoms with van der Waals surface area (Å²) in [6.07, 6.45) is -21.0. The van der Waals surface area contributed by atoms with Crippen LogP contribution in [0, 0.1) is 29.6 Å². The number of hydrogen-bond acceptors (Lipinski definition) is 34. The van der Waals surface area contributed by atoms with Gasteiger partial charge in [-0.1, -0.05) is 99.1 Å². The maximum atomic E-state index is 14.7. The third kappa shape index (κ3) is 44.0. The molecule has 1 saturated heterocycles. The van der Waals surface area contributed by atoms with Crippen molar-refractivity contribution in [3.05, 3.63) is 35.9 Å². The number of aliphatic carboxylic acids is 1. The molecule has 1 aromatic carbocycles. The molecule has 0 aromatic heterocycles. The minimum Gasteiger partial charge on any atom is -0.480 e. The summed E-state index contributed by atoms with van der Waals surface area (Å²) in [5.74, 6) is -12.5. The van der Waals surface area contributed by atoms with Gasteiger partial charge in [0.05, 0.1) is 98.9 Å². The molecule has 0 spiro atoms. The van der Waals surface area contributed by atoms with Crippen molar-refractivity contribution in [1.29, 1.82) is 0 Å². The summed E-state index contributed by atoms with van der Waals surface area (Å²) >= 11 is 0. The summed E-state index contributed by atoms with van der Waals surface area (Å²) in [6, 6.07) is -1.55. The van der Waals surface area contributed by atoms with Crippen LogP contribution in [0.15, 0.2) is 30.3 Å². The van der Waals surface area contributed by atoms with Gasteiger partial charge in [-0.05, 0) is 110 Å². The lowest BCUT2D eigenvalue weighted by Crippen LogP contribution is -2.62. The summed E-state index contributed by atoms with van der Waals surface area (Å²) in [5, 5.41) is 141. The number of rotatable bonds is 70. The largest absolute Gasteiger partial charge is 0.480 e. The Balaban J connectivity index is 2.23.